The van der Waals surface area contributed by atoms with Crippen molar-refractivity contribution in [1.82, 2.24) is 0 Å². The number of carbonyl (C=O) groups is 2. The Bertz CT molecular complexity index is 1380. The molecule has 0 saturated carbocycles. The number of hydrogen-bond acceptors (Lipinski definition) is 10. The highest BCUT2D eigenvalue weighted by Gasteiger charge is 2.27. The number of carbonyl (C=O) groups excluding carboxylic acids is 2. The first-order valence-electron chi connectivity index (χ1n) is 22.0. The van der Waals surface area contributed by atoms with Gasteiger partial charge in [-0.15, -0.1) is 0 Å². The van der Waals surface area contributed by atoms with Crippen LogP contribution in [0.5, 0.6) is 0 Å². The van der Waals surface area contributed by atoms with Gasteiger partial charge in [0.1, 0.15) is 12.7 Å². The molecule has 0 rings (SSSR count). The van der Waals surface area contributed by atoms with E-state index in [4.69, 9.17) is 19.1 Å². The molecule has 12 heteroatoms. The minimum Gasteiger partial charge on any atom is -0.462 e. The Morgan fingerprint density at radius 3 is 1.68 bits per heavy atom. The standard InChI is InChI=1S/C48H77O11P/c1-3-5-7-8-9-10-11-12-13-14-15-16-17-18-22-25-28-31-34-38-47(52)56-42-46(43-58-60(54,55)57-41-45(51)40-49)59-48(53)39-35-32-29-26-23-20-19-21-24-27-30-33-37-44(50)36-6-4-2/h6,9-10,12-13,15-16,18-20,22,24,26-27,29-30,33,36,44-46,49-51H,3-5,7-8,11,14,17,21,23,25,28,31-32,34-35,37-43H2,1-2H3,(H,54,55)/b10-9-,13-12-,16-15-,20-19-,22-18-,27-24-,29-26-,33-30+,36-6-/t44?,45-,46+/m0/s1. The quantitative estimate of drug-likeness (QED) is 0.0153. The summed E-state index contributed by atoms with van der Waals surface area (Å²) in [6.07, 6.45) is 49.7. The Balaban J connectivity index is 4.50. The third kappa shape index (κ3) is 41.3. The van der Waals surface area contributed by atoms with Gasteiger partial charge in [0.25, 0.3) is 0 Å². The van der Waals surface area contributed by atoms with Gasteiger partial charge >= 0.3 is 19.8 Å². The highest BCUT2D eigenvalue weighted by molar-refractivity contribution is 7.47. The fraction of sp³-hybridized carbons (Fsp3) is 0.583. The molecule has 4 N–H and O–H groups in total. The van der Waals surface area contributed by atoms with Crippen LogP contribution in [0.15, 0.2) is 109 Å². The number of aliphatic hydroxyl groups is 3. The maximum Gasteiger partial charge on any atom is 0.472 e. The number of rotatable bonds is 39. The summed E-state index contributed by atoms with van der Waals surface area (Å²) in [5, 5.41) is 28.1. The van der Waals surface area contributed by atoms with Gasteiger partial charge in [0.2, 0.25) is 0 Å². The van der Waals surface area contributed by atoms with E-state index in [0.29, 0.717) is 25.7 Å². The lowest BCUT2D eigenvalue weighted by atomic mass is 10.1. The molecule has 0 saturated heterocycles. The summed E-state index contributed by atoms with van der Waals surface area (Å²) in [7, 11) is -4.66. The average molecular weight is 861 g/mol. The largest absolute Gasteiger partial charge is 0.472 e. The number of phosphoric acid groups is 1. The number of aliphatic hydroxyl groups excluding tert-OH is 3. The SMILES string of the molecule is CC/C=C\C(O)C/C=C/C=C\C/C=C\C/C=C\CCCC(=O)O[C@H](COC(=O)CCCCC/C=C\C/C=C\C/C=C\C/C=C\CCCCC)COP(=O)(O)OC[C@@H](O)CO. The van der Waals surface area contributed by atoms with Crippen molar-refractivity contribution in [2.45, 2.75) is 154 Å². The zero-order valence-electron chi connectivity index (χ0n) is 36.5. The van der Waals surface area contributed by atoms with Gasteiger partial charge in [0.15, 0.2) is 6.10 Å². The van der Waals surface area contributed by atoms with Crippen LogP contribution in [0.1, 0.15) is 136 Å². The molecule has 0 radical (unpaired) electrons. The van der Waals surface area contributed by atoms with E-state index < -0.39 is 57.9 Å². The predicted molar refractivity (Wildman–Crippen MR) is 243 cm³/mol. The van der Waals surface area contributed by atoms with Crippen molar-refractivity contribution in [3.8, 4) is 0 Å². The minimum atomic E-state index is -4.66. The van der Waals surface area contributed by atoms with Crippen LogP contribution in [0, 0.1) is 0 Å². The molecule has 0 aliphatic rings. The monoisotopic (exact) mass is 861 g/mol. The van der Waals surface area contributed by atoms with Gasteiger partial charge in [0, 0.05) is 12.8 Å². The topological polar surface area (TPSA) is 169 Å². The second kappa shape index (κ2) is 42.3. The summed E-state index contributed by atoms with van der Waals surface area (Å²) in [6, 6.07) is 0. The first-order chi connectivity index (χ1) is 29.1. The van der Waals surface area contributed by atoms with E-state index in [1.807, 2.05) is 55.5 Å². The van der Waals surface area contributed by atoms with Crippen molar-refractivity contribution in [2.75, 3.05) is 26.4 Å². The number of hydrogen-bond donors (Lipinski definition) is 4. The van der Waals surface area contributed by atoms with E-state index in [9.17, 15) is 29.3 Å². The van der Waals surface area contributed by atoms with E-state index in [0.717, 1.165) is 57.8 Å². The third-order valence-electron chi connectivity index (χ3n) is 8.49. The molecule has 0 heterocycles. The zero-order valence-corrected chi connectivity index (χ0v) is 37.4. The van der Waals surface area contributed by atoms with Crippen molar-refractivity contribution in [1.29, 1.82) is 0 Å². The van der Waals surface area contributed by atoms with Crippen molar-refractivity contribution in [2.24, 2.45) is 0 Å². The molecule has 0 aromatic rings. The van der Waals surface area contributed by atoms with E-state index in [1.54, 1.807) is 6.08 Å². The van der Waals surface area contributed by atoms with E-state index in [-0.39, 0.29) is 19.4 Å². The van der Waals surface area contributed by atoms with Crippen LogP contribution in [0.4, 0.5) is 0 Å². The van der Waals surface area contributed by atoms with Gasteiger partial charge in [-0.1, -0.05) is 142 Å². The van der Waals surface area contributed by atoms with E-state index in [2.05, 4.69) is 66.1 Å². The van der Waals surface area contributed by atoms with Gasteiger partial charge in [-0.2, -0.15) is 0 Å². The van der Waals surface area contributed by atoms with E-state index >= 15 is 0 Å². The van der Waals surface area contributed by atoms with Crippen LogP contribution in [-0.2, 0) is 32.7 Å². The number of esters is 2. The molecule has 4 atom stereocenters. The zero-order chi connectivity index (χ0) is 44.2. The minimum absolute atomic E-state index is 0.0737. The fourth-order valence-electron chi connectivity index (χ4n) is 5.09. The summed E-state index contributed by atoms with van der Waals surface area (Å²) in [5.74, 6) is -1.07. The van der Waals surface area contributed by atoms with Crippen LogP contribution in [0.25, 0.3) is 0 Å². The molecular formula is C48H77O11P. The second-order valence-electron chi connectivity index (χ2n) is 14.2. The summed E-state index contributed by atoms with van der Waals surface area (Å²) in [5.41, 5.74) is 0. The lowest BCUT2D eigenvalue weighted by Gasteiger charge is -2.20. The third-order valence-corrected chi connectivity index (χ3v) is 9.44. The van der Waals surface area contributed by atoms with Crippen LogP contribution < -0.4 is 0 Å². The highest BCUT2D eigenvalue weighted by Crippen LogP contribution is 2.43. The van der Waals surface area contributed by atoms with Gasteiger partial charge < -0.3 is 29.7 Å². The maximum atomic E-state index is 12.6. The Hall–Kier alpha value is -3.41. The first kappa shape index (κ1) is 56.6. The summed E-state index contributed by atoms with van der Waals surface area (Å²) >= 11 is 0. The van der Waals surface area contributed by atoms with Crippen LogP contribution in [0.2, 0.25) is 0 Å². The Morgan fingerprint density at radius 2 is 1.10 bits per heavy atom. The highest BCUT2D eigenvalue weighted by atomic mass is 31.2. The first-order valence-corrected chi connectivity index (χ1v) is 23.4. The Labute approximate surface area is 361 Å². The van der Waals surface area contributed by atoms with Gasteiger partial charge in [-0.05, 0) is 89.9 Å². The van der Waals surface area contributed by atoms with Gasteiger partial charge in [-0.25, -0.2) is 4.57 Å². The van der Waals surface area contributed by atoms with Crippen molar-refractivity contribution in [3.05, 3.63) is 109 Å². The summed E-state index contributed by atoms with van der Waals surface area (Å²) in [6.45, 7) is 1.97. The normalized spacial score (nSPS) is 15.4. The van der Waals surface area contributed by atoms with Crippen LogP contribution >= 0.6 is 7.82 Å². The molecule has 340 valence electrons. The number of ether oxygens (including phenoxy) is 2. The number of allylic oxidation sites excluding steroid dienone is 16. The van der Waals surface area contributed by atoms with Crippen LogP contribution in [0.3, 0.4) is 0 Å². The molecule has 0 aromatic heterocycles. The molecule has 2 unspecified atom stereocenters. The molecule has 0 bridgehead atoms. The fourth-order valence-corrected chi connectivity index (χ4v) is 5.88. The molecule has 60 heavy (non-hydrogen) atoms. The van der Waals surface area contributed by atoms with Crippen molar-refractivity contribution in [3.63, 3.8) is 0 Å². The maximum absolute atomic E-state index is 12.6. The molecule has 11 nitrogen and oxygen atoms in total. The smallest absolute Gasteiger partial charge is 0.462 e. The predicted octanol–water partition coefficient (Wildman–Crippen LogP) is 10.7. The lowest BCUT2D eigenvalue weighted by molar-refractivity contribution is -0.161. The summed E-state index contributed by atoms with van der Waals surface area (Å²) < 4.78 is 32.6. The molecular weight excluding hydrogens is 783 g/mol. The molecule has 0 aliphatic carbocycles. The molecule has 0 spiro atoms. The van der Waals surface area contributed by atoms with Gasteiger partial charge in [-0.3, -0.25) is 18.6 Å². The van der Waals surface area contributed by atoms with Crippen molar-refractivity contribution < 1.29 is 52.9 Å². The molecule has 0 fully saturated rings. The number of phosphoric ester groups is 1. The number of unbranched alkanes of at least 4 members (excludes halogenated alkanes) is 7. The summed E-state index contributed by atoms with van der Waals surface area (Å²) in [4.78, 5) is 35.0. The average Bonchev–Trinajstić information content (AvgIpc) is 3.23. The Kier molecular flexibility index (Phi) is 39.9. The lowest BCUT2D eigenvalue weighted by Crippen LogP contribution is -2.29. The van der Waals surface area contributed by atoms with Crippen LogP contribution in [-0.4, -0.2) is 76.9 Å². The van der Waals surface area contributed by atoms with Crippen molar-refractivity contribution >= 4 is 19.8 Å². The van der Waals surface area contributed by atoms with Gasteiger partial charge in [0.05, 0.1) is 25.9 Å². The molecule has 0 aromatic carbocycles. The second-order valence-corrected chi connectivity index (χ2v) is 15.6. The molecule has 0 aliphatic heterocycles. The van der Waals surface area contributed by atoms with E-state index in [1.165, 1.54) is 25.7 Å². The Morgan fingerprint density at radius 1 is 0.583 bits per heavy atom. The molecule has 0 amide bonds.